The van der Waals surface area contributed by atoms with Gasteiger partial charge < -0.3 is 10.2 Å². The Labute approximate surface area is 169 Å². The zero-order chi connectivity index (χ0) is 20.3. The highest BCUT2D eigenvalue weighted by atomic mass is 32.1. The highest BCUT2D eigenvalue weighted by Gasteiger charge is 2.15. The van der Waals surface area contributed by atoms with E-state index in [4.69, 9.17) is 4.98 Å². The number of rotatable bonds is 7. The number of nitrogens with zero attached hydrogens (tertiary/aromatic N) is 4. The zero-order valence-corrected chi connectivity index (χ0v) is 17.9. The molecule has 6 nitrogen and oxygen atoms in total. The van der Waals surface area contributed by atoms with E-state index >= 15 is 0 Å². The Morgan fingerprint density at radius 3 is 2.79 bits per heavy atom. The molecule has 0 atom stereocenters. The van der Waals surface area contributed by atoms with Crippen LogP contribution in [0.1, 0.15) is 29.3 Å². The topological polar surface area (TPSA) is 62.5 Å². The maximum absolute atomic E-state index is 13.1. The molecule has 1 N–H and O–H groups in total. The third-order valence-corrected chi connectivity index (χ3v) is 5.72. The molecule has 0 bridgehead atoms. The molecule has 0 aliphatic rings. The van der Waals surface area contributed by atoms with E-state index in [1.54, 1.807) is 11.3 Å². The third kappa shape index (κ3) is 4.15. The molecule has 3 aromatic heterocycles. The van der Waals surface area contributed by atoms with E-state index in [0.717, 1.165) is 40.3 Å². The minimum Gasteiger partial charge on any atom is -0.368 e. The van der Waals surface area contributed by atoms with Gasteiger partial charge in [-0.25, -0.2) is 4.98 Å². The third-order valence-electron chi connectivity index (χ3n) is 4.62. The monoisotopic (exact) mass is 397 g/mol. The van der Waals surface area contributed by atoms with Gasteiger partial charge in [0.15, 0.2) is 11.5 Å². The molecule has 0 saturated carbocycles. The van der Waals surface area contributed by atoms with Crippen molar-refractivity contribution in [1.82, 2.24) is 19.5 Å². The van der Waals surface area contributed by atoms with Gasteiger partial charge in [0.2, 0.25) is 0 Å². The van der Waals surface area contributed by atoms with Crippen molar-refractivity contribution < 1.29 is 0 Å². The summed E-state index contributed by atoms with van der Waals surface area (Å²) in [6.07, 6.45) is 8.88. The predicted octanol–water partition coefficient (Wildman–Crippen LogP) is 3.87. The van der Waals surface area contributed by atoms with Gasteiger partial charge in [0.05, 0.1) is 5.39 Å². The summed E-state index contributed by atoms with van der Waals surface area (Å²) in [5.41, 5.74) is 2.37. The van der Waals surface area contributed by atoms with Crippen molar-refractivity contribution in [1.29, 1.82) is 0 Å². The molecule has 3 aromatic rings. The first-order valence-electron chi connectivity index (χ1n) is 9.44. The van der Waals surface area contributed by atoms with Crippen LogP contribution in [0.15, 0.2) is 29.1 Å². The van der Waals surface area contributed by atoms with Crippen LogP contribution in [-0.2, 0) is 0 Å². The van der Waals surface area contributed by atoms with Gasteiger partial charge in [-0.2, -0.15) is 4.52 Å². The summed E-state index contributed by atoms with van der Waals surface area (Å²) in [5, 5.41) is 8.67. The van der Waals surface area contributed by atoms with E-state index < -0.39 is 0 Å². The summed E-state index contributed by atoms with van der Waals surface area (Å²) in [7, 11) is 4.11. The Morgan fingerprint density at radius 1 is 1.29 bits per heavy atom. The van der Waals surface area contributed by atoms with E-state index in [2.05, 4.69) is 29.4 Å². The first kappa shape index (κ1) is 20.2. The number of allylic oxidation sites excluding steroid dienone is 3. The second-order valence-electron chi connectivity index (χ2n) is 7.07. The first-order valence-corrected chi connectivity index (χ1v) is 10.3. The van der Waals surface area contributed by atoms with Crippen LogP contribution < -0.4 is 10.9 Å². The SMILES string of the molecule is C/C=C\C=C/c1cc2nc3sc(C)c(C)c3c(=O)n2nc1NCCCN(C)C. The molecule has 3 heterocycles. The van der Waals surface area contributed by atoms with E-state index in [1.165, 1.54) is 4.52 Å². The Kier molecular flexibility index (Phi) is 6.26. The fraction of sp³-hybridized carbons (Fsp3) is 0.381. The number of thiophene rings is 1. The standard InChI is InChI=1S/C21H27N5OS/c1-6-7-8-10-16-13-17-23-20-18(14(2)15(3)28-20)21(27)26(17)24-19(16)22-11-9-12-25(4)5/h6-8,10,13H,9,11-12H2,1-5H3,(H,22,24)/b7-6-,10-8-. The van der Waals surface area contributed by atoms with Gasteiger partial charge in [-0.15, -0.1) is 16.4 Å². The average molecular weight is 398 g/mol. The van der Waals surface area contributed by atoms with Gasteiger partial charge >= 0.3 is 0 Å². The number of anilines is 1. The summed E-state index contributed by atoms with van der Waals surface area (Å²) in [4.78, 5) is 21.8. The Balaban J connectivity index is 2.10. The summed E-state index contributed by atoms with van der Waals surface area (Å²) >= 11 is 1.56. The van der Waals surface area contributed by atoms with Gasteiger partial charge in [0.25, 0.3) is 5.56 Å². The summed E-state index contributed by atoms with van der Waals surface area (Å²) in [5.74, 6) is 0.694. The fourth-order valence-electron chi connectivity index (χ4n) is 2.99. The molecule has 0 spiro atoms. The van der Waals surface area contributed by atoms with Crippen molar-refractivity contribution in [2.24, 2.45) is 0 Å². The van der Waals surface area contributed by atoms with Crippen LogP contribution in [0, 0.1) is 13.8 Å². The highest BCUT2D eigenvalue weighted by Crippen LogP contribution is 2.27. The van der Waals surface area contributed by atoms with Crippen molar-refractivity contribution in [2.75, 3.05) is 32.5 Å². The lowest BCUT2D eigenvalue weighted by atomic mass is 10.2. The maximum atomic E-state index is 13.1. The van der Waals surface area contributed by atoms with Gasteiger partial charge in [-0.1, -0.05) is 24.3 Å². The molecule has 0 aromatic carbocycles. The fourth-order valence-corrected chi connectivity index (χ4v) is 4.02. The Hall–Kier alpha value is -2.51. The molecule has 28 heavy (non-hydrogen) atoms. The lowest BCUT2D eigenvalue weighted by molar-refractivity contribution is 0.405. The van der Waals surface area contributed by atoms with Crippen LogP contribution in [0.4, 0.5) is 5.82 Å². The molecular weight excluding hydrogens is 370 g/mol. The first-order chi connectivity index (χ1) is 13.4. The van der Waals surface area contributed by atoms with Crippen LogP contribution in [-0.4, -0.2) is 46.7 Å². The van der Waals surface area contributed by atoms with Crippen LogP contribution in [0.25, 0.3) is 21.9 Å². The Bertz CT molecular complexity index is 1110. The van der Waals surface area contributed by atoms with Crippen molar-refractivity contribution >= 4 is 39.1 Å². The van der Waals surface area contributed by atoms with E-state index in [-0.39, 0.29) is 5.56 Å². The smallest absolute Gasteiger partial charge is 0.283 e. The molecule has 0 amide bonds. The predicted molar refractivity (Wildman–Crippen MR) is 120 cm³/mol. The van der Waals surface area contributed by atoms with Crippen molar-refractivity contribution in [3.8, 4) is 0 Å². The molecule has 0 unspecified atom stereocenters. The molecule has 0 aliphatic heterocycles. The van der Waals surface area contributed by atoms with Gasteiger partial charge in [0, 0.05) is 17.0 Å². The van der Waals surface area contributed by atoms with Crippen molar-refractivity contribution in [3.63, 3.8) is 0 Å². The molecule has 0 saturated heterocycles. The van der Waals surface area contributed by atoms with Gasteiger partial charge in [-0.3, -0.25) is 4.79 Å². The van der Waals surface area contributed by atoms with Crippen LogP contribution in [0.3, 0.4) is 0 Å². The maximum Gasteiger partial charge on any atom is 0.283 e. The number of hydrogen-bond acceptors (Lipinski definition) is 6. The number of aryl methyl sites for hydroxylation is 2. The minimum atomic E-state index is -0.109. The molecule has 0 aliphatic carbocycles. The van der Waals surface area contributed by atoms with E-state index in [1.807, 2.05) is 51.1 Å². The lowest BCUT2D eigenvalue weighted by Crippen LogP contribution is -2.21. The largest absolute Gasteiger partial charge is 0.368 e. The van der Waals surface area contributed by atoms with Crippen LogP contribution >= 0.6 is 11.3 Å². The number of fused-ring (bicyclic) bond motifs is 2. The molecule has 7 heteroatoms. The highest BCUT2D eigenvalue weighted by molar-refractivity contribution is 7.18. The normalized spacial score (nSPS) is 12.4. The average Bonchev–Trinajstić information content (AvgIpc) is 2.93. The molecule has 148 valence electrons. The lowest BCUT2D eigenvalue weighted by Gasteiger charge is -2.12. The van der Waals surface area contributed by atoms with Crippen LogP contribution in [0.5, 0.6) is 0 Å². The van der Waals surface area contributed by atoms with Gasteiger partial charge in [0.1, 0.15) is 4.83 Å². The second kappa shape index (κ2) is 8.67. The molecule has 3 rings (SSSR count). The van der Waals surface area contributed by atoms with Crippen molar-refractivity contribution in [2.45, 2.75) is 27.2 Å². The van der Waals surface area contributed by atoms with Crippen molar-refractivity contribution in [3.05, 3.63) is 50.7 Å². The molecular formula is C21H27N5OS. The number of aromatic nitrogens is 3. The number of nitrogens with one attached hydrogen (secondary N) is 1. The second-order valence-corrected chi connectivity index (χ2v) is 8.27. The summed E-state index contributed by atoms with van der Waals surface area (Å²) in [6.45, 7) is 7.73. The Morgan fingerprint density at radius 2 is 2.07 bits per heavy atom. The van der Waals surface area contributed by atoms with Gasteiger partial charge in [-0.05, 0) is 59.5 Å². The van der Waals surface area contributed by atoms with E-state index in [0.29, 0.717) is 16.9 Å². The summed E-state index contributed by atoms with van der Waals surface area (Å²) < 4.78 is 1.42. The van der Waals surface area contributed by atoms with Crippen LogP contribution in [0.2, 0.25) is 0 Å². The zero-order valence-electron chi connectivity index (χ0n) is 17.1. The minimum absolute atomic E-state index is 0.109. The quantitative estimate of drug-likeness (QED) is 0.484. The van der Waals surface area contributed by atoms with E-state index in [9.17, 15) is 4.79 Å². The molecule has 0 fully saturated rings. The summed E-state index contributed by atoms with van der Waals surface area (Å²) in [6, 6.07) is 1.92. The number of hydrogen-bond donors (Lipinski definition) is 1. The molecule has 0 radical (unpaired) electrons.